The summed E-state index contributed by atoms with van der Waals surface area (Å²) >= 11 is 6.39. The van der Waals surface area contributed by atoms with Gasteiger partial charge in [0.25, 0.3) is 0 Å². The Hall–Kier alpha value is -2.50. The second-order valence-corrected chi connectivity index (χ2v) is 7.14. The number of hydrogen-bond acceptors (Lipinski definition) is 5. The molecule has 6 heteroatoms. The molecule has 0 aliphatic rings. The van der Waals surface area contributed by atoms with Gasteiger partial charge in [-0.2, -0.15) is 0 Å². The molecule has 5 nitrogen and oxygen atoms in total. The molecule has 0 radical (unpaired) electrons. The maximum absolute atomic E-state index is 12.0. The Morgan fingerprint density at radius 2 is 1.75 bits per heavy atom. The molecular formula is C22H24ClNO4. The third-order valence-electron chi connectivity index (χ3n) is 4.75. The van der Waals surface area contributed by atoms with Crippen LogP contribution >= 0.6 is 11.6 Å². The van der Waals surface area contributed by atoms with Crippen LogP contribution in [-0.2, 0) is 19.5 Å². The van der Waals surface area contributed by atoms with Crippen LogP contribution in [0, 0.1) is 0 Å². The maximum atomic E-state index is 12.0. The minimum Gasteiger partial charge on any atom is -0.497 e. The Balaban J connectivity index is 1.90. The average molecular weight is 402 g/mol. The van der Waals surface area contributed by atoms with Crippen molar-refractivity contribution in [2.24, 2.45) is 0 Å². The molecule has 0 saturated heterocycles. The van der Waals surface area contributed by atoms with Gasteiger partial charge in [0.15, 0.2) is 0 Å². The molecule has 0 bridgehead atoms. The highest BCUT2D eigenvalue weighted by molar-refractivity contribution is 6.32. The zero-order chi connectivity index (χ0) is 20.3. The Morgan fingerprint density at radius 3 is 2.43 bits per heavy atom. The van der Waals surface area contributed by atoms with Gasteiger partial charge < -0.3 is 13.9 Å². The third kappa shape index (κ3) is 4.32. The fourth-order valence-electron chi connectivity index (χ4n) is 3.31. The maximum Gasteiger partial charge on any atom is 0.336 e. The molecule has 0 saturated carbocycles. The van der Waals surface area contributed by atoms with Gasteiger partial charge in [-0.3, -0.25) is 4.90 Å². The molecule has 0 amide bonds. The molecule has 1 heterocycles. The van der Waals surface area contributed by atoms with E-state index in [4.69, 9.17) is 25.5 Å². The smallest absolute Gasteiger partial charge is 0.336 e. The van der Waals surface area contributed by atoms with E-state index < -0.39 is 0 Å². The summed E-state index contributed by atoms with van der Waals surface area (Å²) in [6.45, 7) is 3.24. The zero-order valence-electron chi connectivity index (χ0n) is 16.5. The minimum absolute atomic E-state index is 0.359. The van der Waals surface area contributed by atoms with E-state index in [1.165, 1.54) is 6.07 Å². The summed E-state index contributed by atoms with van der Waals surface area (Å²) in [4.78, 5) is 14.2. The highest BCUT2D eigenvalue weighted by atomic mass is 35.5. The van der Waals surface area contributed by atoms with E-state index in [9.17, 15) is 4.79 Å². The van der Waals surface area contributed by atoms with Gasteiger partial charge in [0.05, 0.1) is 14.2 Å². The molecule has 0 atom stereocenters. The highest BCUT2D eigenvalue weighted by Gasteiger charge is 2.13. The number of aryl methyl sites for hydroxylation is 1. The first-order chi connectivity index (χ1) is 13.4. The van der Waals surface area contributed by atoms with Gasteiger partial charge >= 0.3 is 5.63 Å². The van der Waals surface area contributed by atoms with Gasteiger partial charge in [-0.1, -0.05) is 24.6 Å². The van der Waals surface area contributed by atoms with Gasteiger partial charge in [-0.25, -0.2) is 4.79 Å². The molecule has 0 aliphatic carbocycles. The van der Waals surface area contributed by atoms with Crippen molar-refractivity contribution in [1.29, 1.82) is 0 Å². The fourth-order valence-corrected chi connectivity index (χ4v) is 3.61. The Morgan fingerprint density at radius 1 is 1.00 bits per heavy atom. The molecular weight excluding hydrogens is 378 g/mol. The average Bonchev–Trinajstić information content (AvgIpc) is 2.68. The number of methoxy groups -OCH3 is 2. The summed E-state index contributed by atoms with van der Waals surface area (Å²) < 4.78 is 16.1. The molecule has 0 fully saturated rings. The van der Waals surface area contributed by atoms with Crippen LogP contribution in [0.4, 0.5) is 0 Å². The first-order valence-electron chi connectivity index (χ1n) is 9.09. The molecule has 0 aliphatic heterocycles. The molecule has 0 N–H and O–H groups in total. The number of benzene rings is 2. The van der Waals surface area contributed by atoms with E-state index in [0.29, 0.717) is 23.7 Å². The SMILES string of the molecule is CCc1cc2oc(=O)cc(CN(C)Cc3ccc(OC)cc3OC)c2cc1Cl. The second-order valence-electron chi connectivity index (χ2n) is 6.73. The van der Waals surface area contributed by atoms with Crippen LogP contribution in [0.15, 0.2) is 45.6 Å². The summed E-state index contributed by atoms with van der Waals surface area (Å²) in [7, 11) is 5.26. The van der Waals surface area contributed by atoms with E-state index in [1.54, 1.807) is 14.2 Å². The summed E-state index contributed by atoms with van der Waals surface area (Å²) in [6, 6.07) is 11.0. The zero-order valence-corrected chi connectivity index (χ0v) is 17.3. The van der Waals surface area contributed by atoms with Crippen LogP contribution < -0.4 is 15.1 Å². The molecule has 2 aromatic carbocycles. The van der Waals surface area contributed by atoms with E-state index in [1.807, 2.05) is 44.3 Å². The first-order valence-corrected chi connectivity index (χ1v) is 9.47. The van der Waals surface area contributed by atoms with E-state index in [-0.39, 0.29) is 5.63 Å². The number of nitrogens with zero attached hydrogens (tertiary/aromatic N) is 1. The largest absolute Gasteiger partial charge is 0.497 e. The molecule has 0 spiro atoms. The highest BCUT2D eigenvalue weighted by Crippen LogP contribution is 2.28. The van der Waals surface area contributed by atoms with Crippen LogP contribution in [0.3, 0.4) is 0 Å². The normalized spacial score (nSPS) is 11.2. The van der Waals surface area contributed by atoms with Crippen molar-refractivity contribution in [3.05, 3.63) is 68.5 Å². The number of ether oxygens (including phenoxy) is 2. The topological polar surface area (TPSA) is 51.9 Å². The van der Waals surface area contributed by atoms with Crippen LogP contribution in [0.1, 0.15) is 23.6 Å². The van der Waals surface area contributed by atoms with Gasteiger partial charge in [0, 0.05) is 41.2 Å². The summed E-state index contributed by atoms with van der Waals surface area (Å²) in [5, 5.41) is 1.54. The quantitative estimate of drug-likeness (QED) is 0.539. The van der Waals surface area contributed by atoms with Gasteiger partial charge in [-0.15, -0.1) is 0 Å². The second kappa shape index (κ2) is 8.67. The standard InChI is InChI=1S/C22H24ClNO4/c1-5-14-8-21-18(11-19(14)23)16(9-22(25)28-21)13-24(2)12-15-6-7-17(26-3)10-20(15)27-4/h6-11H,5,12-13H2,1-4H3. The van der Waals surface area contributed by atoms with Crippen molar-refractivity contribution < 1.29 is 13.9 Å². The lowest BCUT2D eigenvalue weighted by molar-refractivity contribution is 0.309. The van der Waals surface area contributed by atoms with Gasteiger partial charge in [0.1, 0.15) is 17.1 Å². The Labute approximate surface area is 169 Å². The Kier molecular flexibility index (Phi) is 6.27. The van der Waals surface area contributed by atoms with Crippen molar-refractivity contribution in [3.8, 4) is 11.5 Å². The lowest BCUT2D eigenvalue weighted by atomic mass is 10.1. The first kappa shape index (κ1) is 20.2. The van der Waals surface area contributed by atoms with Gasteiger partial charge in [0.2, 0.25) is 0 Å². The summed E-state index contributed by atoms with van der Waals surface area (Å²) in [5.41, 5.74) is 3.09. The van der Waals surface area contributed by atoms with Crippen molar-refractivity contribution >= 4 is 22.6 Å². The van der Waals surface area contributed by atoms with Crippen molar-refractivity contribution in [2.45, 2.75) is 26.4 Å². The van der Waals surface area contributed by atoms with Crippen LogP contribution in [0.25, 0.3) is 11.0 Å². The van der Waals surface area contributed by atoms with E-state index in [0.717, 1.165) is 40.0 Å². The van der Waals surface area contributed by atoms with E-state index >= 15 is 0 Å². The number of rotatable bonds is 7. The lowest BCUT2D eigenvalue weighted by Crippen LogP contribution is -2.19. The van der Waals surface area contributed by atoms with Gasteiger partial charge in [-0.05, 0) is 42.8 Å². The van der Waals surface area contributed by atoms with E-state index in [2.05, 4.69) is 4.90 Å². The van der Waals surface area contributed by atoms with Crippen molar-refractivity contribution in [1.82, 2.24) is 4.90 Å². The molecule has 148 valence electrons. The van der Waals surface area contributed by atoms with Crippen LogP contribution in [-0.4, -0.2) is 26.2 Å². The number of hydrogen-bond donors (Lipinski definition) is 0. The van der Waals surface area contributed by atoms with Crippen LogP contribution in [0.5, 0.6) is 11.5 Å². The molecule has 3 rings (SSSR count). The van der Waals surface area contributed by atoms with Crippen molar-refractivity contribution in [2.75, 3.05) is 21.3 Å². The fraction of sp³-hybridized carbons (Fsp3) is 0.318. The number of halogens is 1. The van der Waals surface area contributed by atoms with Crippen LogP contribution in [0.2, 0.25) is 5.02 Å². The minimum atomic E-state index is -0.359. The predicted molar refractivity (Wildman–Crippen MR) is 112 cm³/mol. The van der Waals surface area contributed by atoms with Crippen molar-refractivity contribution in [3.63, 3.8) is 0 Å². The molecule has 0 unspecified atom stereocenters. The lowest BCUT2D eigenvalue weighted by Gasteiger charge is -2.20. The Bertz CT molecular complexity index is 1040. The predicted octanol–water partition coefficient (Wildman–Crippen LogP) is 4.66. The number of fused-ring (bicyclic) bond motifs is 1. The monoisotopic (exact) mass is 401 g/mol. The third-order valence-corrected chi connectivity index (χ3v) is 5.10. The molecule has 1 aromatic heterocycles. The summed E-state index contributed by atoms with van der Waals surface area (Å²) in [5.74, 6) is 1.51. The molecule has 28 heavy (non-hydrogen) atoms. The summed E-state index contributed by atoms with van der Waals surface area (Å²) in [6.07, 6.45) is 0.778. The molecule has 3 aromatic rings.